The van der Waals surface area contributed by atoms with Crippen molar-refractivity contribution in [3.8, 4) is 11.8 Å². The number of benzene rings is 2. The molecule has 2 aromatic carbocycles. The number of hydrogen-bond donors (Lipinski definition) is 0. The van der Waals surface area contributed by atoms with Crippen molar-refractivity contribution in [3.05, 3.63) is 60.2 Å². The van der Waals surface area contributed by atoms with Crippen LogP contribution in [0.25, 0.3) is 16.7 Å². The molecule has 1 fully saturated rings. The van der Waals surface area contributed by atoms with Crippen molar-refractivity contribution in [2.75, 3.05) is 11.4 Å². The Bertz CT molecular complexity index is 1400. The van der Waals surface area contributed by atoms with Gasteiger partial charge >= 0.3 is 0 Å². The topological polar surface area (TPSA) is 46.3 Å². The smallest absolute Gasteiger partial charge is 0.257 e. The zero-order chi connectivity index (χ0) is 23.2. The first kappa shape index (κ1) is 21.1. The van der Waals surface area contributed by atoms with Gasteiger partial charge in [0.15, 0.2) is 0 Å². The summed E-state index contributed by atoms with van der Waals surface area (Å²) in [6.45, 7) is -0.779. The summed E-state index contributed by atoms with van der Waals surface area (Å²) in [4.78, 5) is 5.49. The van der Waals surface area contributed by atoms with Gasteiger partial charge in [-0.3, -0.25) is 4.40 Å². The zero-order valence-electron chi connectivity index (χ0n) is 17.0. The van der Waals surface area contributed by atoms with Crippen LogP contribution in [0.3, 0.4) is 0 Å². The molecule has 10 heteroatoms. The van der Waals surface area contributed by atoms with Gasteiger partial charge in [0.2, 0.25) is 0 Å². The van der Waals surface area contributed by atoms with Crippen LogP contribution in [-0.4, -0.2) is 39.0 Å². The van der Waals surface area contributed by atoms with E-state index in [9.17, 15) is 22.0 Å². The molecular formula is C23H16F5N5. The lowest BCUT2D eigenvalue weighted by Gasteiger charge is -2.25. The van der Waals surface area contributed by atoms with Crippen LogP contribution in [0.5, 0.6) is 0 Å². The number of alkyl halides is 4. The first-order valence-corrected chi connectivity index (χ1v) is 10.1. The van der Waals surface area contributed by atoms with Crippen LogP contribution in [0.1, 0.15) is 18.4 Å². The molecule has 33 heavy (non-hydrogen) atoms. The lowest BCUT2D eigenvalue weighted by Crippen LogP contribution is -2.25. The zero-order valence-corrected chi connectivity index (χ0v) is 17.0. The first-order chi connectivity index (χ1) is 15.9. The highest BCUT2D eigenvalue weighted by Gasteiger charge is 2.49. The summed E-state index contributed by atoms with van der Waals surface area (Å²) in [5.74, 6) is 4.78. The van der Waals surface area contributed by atoms with Gasteiger partial charge in [-0.2, -0.15) is 4.98 Å². The third-order valence-corrected chi connectivity index (χ3v) is 5.61. The molecule has 0 saturated heterocycles. The maximum absolute atomic E-state index is 14.9. The minimum Gasteiger partial charge on any atom is -0.320 e. The molecule has 0 N–H and O–H groups in total. The van der Waals surface area contributed by atoms with E-state index in [1.54, 1.807) is 24.3 Å². The second-order valence-electron chi connectivity index (χ2n) is 7.83. The van der Waals surface area contributed by atoms with E-state index < -0.39 is 30.6 Å². The van der Waals surface area contributed by atoms with E-state index in [-0.39, 0.29) is 22.7 Å². The Balaban J connectivity index is 1.65. The Labute approximate surface area is 184 Å². The fraction of sp³-hybridized carbons (Fsp3) is 0.261. The molecule has 0 bridgehead atoms. The molecule has 1 aliphatic rings. The SMILES string of the molecule is Fc1cccc2c1c(N(CC(F)F)c1cccc(C#CC3(C(F)F)CC3)c1)nc1nncn12. The summed E-state index contributed by atoms with van der Waals surface area (Å²) >= 11 is 0. The third-order valence-electron chi connectivity index (χ3n) is 5.61. The van der Waals surface area contributed by atoms with Gasteiger partial charge < -0.3 is 4.90 Å². The molecule has 0 atom stereocenters. The number of nitrogens with zero attached hydrogens (tertiary/aromatic N) is 5. The quantitative estimate of drug-likeness (QED) is 0.305. The number of halogens is 5. The number of rotatable bonds is 5. The van der Waals surface area contributed by atoms with Gasteiger partial charge in [0, 0.05) is 11.3 Å². The molecular weight excluding hydrogens is 441 g/mol. The summed E-state index contributed by atoms with van der Waals surface area (Å²) < 4.78 is 70.0. The molecule has 0 spiro atoms. The first-order valence-electron chi connectivity index (χ1n) is 10.1. The minimum absolute atomic E-state index is 0.0246. The molecule has 168 valence electrons. The van der Waals surface area contributed by atoms with Crippen LogP contribution < -0.4 is 4.90 Å². The summed E-state index contributed by atoms with van der Waals surface area (Å²) in [6, 6.07) is 10.5. The summed E-state index contributed by atoms with van der Waals surface area (Å²) in [5.41, 5.74) is -0.280. The van der Waals surface area contributed by atoms with Gasteiger partial charge in [-0.1, -0.05) is 24.0 Å². The standard InChI is InChI=1S/C23H16F5N5/c24-16-5-2-6-17-19(16)20(30-22-31-29-13-33(17)22)32(12-18(25)26)15-4-1-3-14(11-15)7-8-23(9-10-23)21(27)28/h1-6,11,13,18,21H,9-10,12H2. The predicted molar refractivity (Wildman–Crippen MR) is 112 cm³/mol. The van der Waals surface area contributed by atoms with Crippen LogP contribution in [-0.2, 0) is 0 Å². The fourth-order valence-electron chi connectivity index (χ4n) is 3.69. The summed E-state index contributed by atoms with van der Waals surface area (Å²) in [5, 5.41) is 7.69. The van der Waals surface area contributed by atoms with Crippen molar-refractivity contribution in [1.29, 1.82) is 0 Å². The monoisotopic (exact) mass is 457 g/mol. The highest BCUT2D eigenvalue weighted by Crippen LogP contribution is 2.50. The van der Waals surface area contributed by atoms with Crippen molar-refractivity contribution >= 4 is 28.2 Å². The second kappa shape index (κ2) is 7.99. The van der Waals surface area contributed by atoms with Crippen LogP contribution in [0.15, 0.2) is 48.8 Å². The van der Waals surface area contributed by atoms with Crippen LogP contribution in [0, 0.1) is 23.1 Å². The van der Waals surface area contributed by atoms with E-state index in [1.807, 2.05) is 0 Å². The Hall–Kier alpha value is -3.74. The fourth-order valence-corrected chi connectivity index (χ4v) is 3.69. The highest BCUT2D eigenvalue weighted by molar-refractivity contribution is 5.94. The van der Waals surface area contributed by atoms with E-state index in [2.05, 4.69) is 27.0 Å². The van der Waals surface area contributed by atoms with Crippen molar-refractivity contribution in [1.82, 2.24) is 19.6 Å². The molecule has 1 saturated carbocycles. The van der Waals surface area contributed by atoms with Crippen molar-refractivity contribution in [2.45, 2.75) is 25.7 Å². The molecule has 0 radical (unpaired) electrons. The van der Waals surface area contributed by atoms with Crippen molar-refractivity contribution in [3.63, 3.8) is 0 Å². The van der Waals surface area contributed by atoms with Gasteiger partial charge in [0.1, 0.15) is 18.0 Å². The van der Waals surface area contributed by atoms with E-state index >= 15 is 0 Å². The van der Waals surface area contributed by atoms with E-state index in [0.717, 1.165) is 0 Å². The van der Waals surface area contributed by atoms with Gasteiger partial charge in [0.25, 0.3) is 18.6 Å². The average molecular weight is 457 g/mol. The predicted octanol–water partition coefficient (Wildman–Crippen LogP) is 5.22. The normalized spacial score (nSPS) is 14.6. The molecule has 1 aliphatic carbocycles. The van der Waals surface area contributed by atoms with Gasteiger partial charge in [0.05, 0.1) is 22.9 Å². The largest absolute Gasteiger partial charge is 0.320 e. The molecule has 2 heterocycles. The van der Waals surface area contributed by atoms with Gasteiger partial charge in [-0.05, 0) is 43.2 Å². The number of anilines is 2. The lowest BCUT2D eigenvalue weighted by molar-refractivity contribution is 0.0921. The van der Waals surface area contributed by atoms with Crippen LogP contribution in [0.2, 0.25) is 0 Å². The molecule has 0 unspecified atom stereocenters. The molecule has 0 aliphatic heterocycles. The lowest BCUT2D eigenvalue weighted by atomic mass is 10.1. The Morgan fingerprint density at radius 1 is 1.09 bits per heavy atom. The van der Waals surface area contributed by atoms with E-state index in [1.165, 1.54) is 33.8 Å². The minimum atomic E-state index is -2.77. The van der Waals surface area contributed by atoms with Crippen molar-refractivity contribution < 1.29 is 22.0 Å². The Kier molecular flexibility index (Phi) is 5.12. The van der Waals surface area contributed by atoms with E-state index in [4.69, 9.17) is 0 Å². The van der Waals surface area contributed by atoms with Gasteiger partial charge in [-0.15, -0.1) is 10.2 Å². The molecule has 5 nitrogen and oxygen atoms in total. The third kappa shape index (κ3) is 3.84. The Morgan fingerprint density at radius 3 is 2.61 bits per heavy atom. The Morgan fingerprint density at radius 2 is 1.88 bits per heavy atom. The van der Waals surface area contributed by atoms with E-state index in [0.29, 0.717) is 23.9 Å². The molecule has 0 amide bonds. The molecule has 2 aromatic heterocycles. The van der Waals surface area contributed by atoms with Crippen molar-refractivity contribution in [2.24, 2.45) is 5.41 Å². The summed E-state index contributed by atoms with van der Waals surface area (Å²) in [6.07, 6.45) is -3.31. The maximum Gasteiger partial charge on any atom is 0.257 e. The molecule has 4 aromatic rings. The second-order valence-corrected chi connectivity index (χ2v) is 7.83. The average Bonchev–Trinajstić information content (AvgIpc) is 3.45. The number of fused-ring (bicyclic) bond motifs is 3. The number of hydrogen-bond acceptors (Lipinski definition) is 4. The van der Waals surface area contributed by atoms with Gasteiger partial charge in [-0.25, -0.2) is 22.0 Å². The van der Waals surface area contributed by atoms with Crippen LogP contribution >= 0.6 is 0 Å². The molecule has 5 rings (SSSR count). The van der Waals surface area contributed by atoms with Crippen LogP contribution in [0.4, 0.5) is 33.5 Å². The number of aromatic nitrogens is 4. The maximum atomic E-state index is 14.9. The highest BCUT2D eigenvalue weighted by atomic mass is 19.3. The summed E-state index contributed by atoms with van der Waals surface area (Å²) in [7, 11) is 0.